The predicted molar refractivity (Wildman–Crippen MR) is 127 cm³/mol. The quantitative estimate of drug-likeness (QED) is 0.381. The molecule has 0 fully saturated rings. The van der Waals surface area contributed by atoms with Crippen LogP contribution in [0, 0.1) is 6.92 Å². The summed E-state index contributed by atoms with van der Waals surface area (Å²) in [5.74, 6) is 0.0121. The van der Waals surface area contributed by atoms with Crippen LogP contribution in [0.5, 0.6) is 0 Å². The Kier molecular flexibility index (Phi) is 5.07. The van der Waals surface area contributed by atoms with Crippen LogP contribution in [0.3, 0.4) is 0 Å². The summed E-state index contributed by atoms with van der Waals surface area (Å²) in [5, 5.41) is 11.7. The third-order valence-electron chi connectivity index (χ3n) is 6.24. The maximum Gasteiger partial charge on any atom is 0.141 e. The number of aryl methyl sites for hydroxylation is 4. The highest BCUT2D eigenvalue weighted by atomic mass is 32.1. The molecular formula is C25H27N3O2S. The molecule has 1 aliphatic rings. The first-order valence-electron chi connectivity index (χ1n) is 10.8. The van der Waals surface area contributed by atoms with Crippen molar-refractivity contribution in [2.45, 2.75) is 45.6 Å². The Morgan fingerprint density at radius 2 is 2.13 bits per heavy atom. The molecule has 0 aliphatic heterocycles. The highest BCUT2D eigenvalue weighted by Crippen LogP contribution is 2.46. The van der Waals surface area contributed by atoms with Crippen LogP contribution in [0.4, 0.5) is 0 Å². The Balaban J connectivity index is 1.90. The predicted octanol–water partition coefficient (Wildman–Crippen LogP) is 6.19. The van der Waals surface area contributed by atoms with Gasteiger partial charge in [0.1, 0.15) is 16.7 Å². The minimum absolute atomic E-state index is 0.0121. The number of rotatable bonds is 5. The van der Waals surface area contributed by atoms with E-state index in [1.165, 1.54) is 28.7 Å². The fourth-order valence-corrected chi connectivity index (χ4v) is 6.15. The molecule has 5 nitrogen and oxygen atoms in total. The van der Waals surface area contributed by atoms with Crippen molar-refractivity contribution in [1.29, 1.82) is 0 Å². The molecule has 0 saturated heterocycles. The Morgan fingerprint density at radius 1 is 1.32 bits per heavy atom. The molecule has 5 rings (SSSR count). The lowest BCUT2D eigenvalue weighted by atomic mass is 9.87. The summed E-state index contributed by atoms with van der Waals surface area (Å²) in [6.07, 6.45) is 5.85. The van der Waals surface area contributed by atoms with E-state index in [0.717, 1.165) is 51.1 Å². The van der Waals surface area contributed by atoms with Crippen LogP contribution in [0.15, 0.2) is 36.9 Å². The molecule has 3 aromatic heterocycles. The lowest BCUT2D eigenvalue weighted by Crippen LogP contribution is -2.12. The van der Waals surface area contributed by atoms with Crippen molar-refractivity contribution in [2.75, 3.05) is 6.61 Å². The number of fused-ring (bicyclic) bond motifs is 4. The van der Waals surface area contributed by atoms with Gasteiger partial charge in [0.25, 0.3) is 0 Å². The normalized spacial score (nSPS) is 14.8. The number of aromatic nitrogens is 3. The maximum absolute atomic E-state index is 10.5. The van der Waals surface area contributed by atoms with Gasteiger partial charge in [-0.1, -0.05) is 12.6 Å². The Bertz CT molecular complexity index is 1320. The molecule has 1 N–H and O–H groups in total. The van der Waals surface area contributed by atoms with Gasteiger partial charge in [-0.05, 0) is 62.8 Å². The highest BCUT2D eigenvalue weighted by Gasteiger charge is 2.29. The Morgan fingerprint density at radius 3 is 2.90 bits per heavy atom. The molecule has 1 aromatic carbocycles. The van der Waals surface area contributed by atoms with Gasteiger partial charge in [0, 0.05) is 40.7 Å². The lowest BCUT2D eigenvalue weighted by molar-refractivity contribution is 0.0580. The van der Waals surface area contributed by atoms with Crippen LogP contribution in [-0.4, -0.2) is 26.2 Å². The molecule has 6 heteroatoms. The van der Waals surface area contributed by atoms with Crippen molar-refractivity contribution in [3.63, 3.8) is 0 Å². The van der Waals surface area contributed by atoms with Crippen LogP contribution >= 0.6 is 11.3 Å². The molecule has 31 heavy (non-hydrogen) atoms. The molecule has 0 amide bonds. The van der Waals surface area contributed by atoms with Crippen molar-refractivity contribution >= 4 is 32.6 Å². The van der Waals surface area contributed by atoms with E-state index in [-0.39, 0.29) is 5.76 Å². The second-order valence-corrected chi connectivity index (χ2v) is 9.35. The van der Waals surface area contributed by atoms with Gasteiger partial charge in [-0.3, -0.25) is 0 Å². The second kappa shape index (κ2) is 7.77. The fourth-order valence-electron chi connectivity index (χ4n) is 4.83. The molecule has 3 heterocycles. The number of imidazole rings is 1. The van der Waals surface area contributed by atoms with Crippen LogP contribution in [-0.2, 0) is 24.6 Å². The molecule has 4 aromatic rings. The minimum Gasteiger partial charge on any atom is -0.510 e. The monoisotopic (exact) mass is 433 g/mol. The number of benzene rings is 1. The van der Waals surface area contributed by atoms with Crippen LogP contribution < -0.4 is 0 Å². The SMILES string of the molecule is C=C(O)C(OCC)c1c(C)nc2sc3c(c2c1-c1ccc2ncn(C)c2c1)CCCC3. The van der Waals surface area contributed by atoms with Gasteiger partial charge in [0.05, 0.1) is 17.4 Å². The number of nitrogens with zero attached hydrogens (tertiary/aromatic N) is 3. The van der Waals surface area contributed by atoms with Gasteiger partial charge in [0.2, 0.25) is 0 Å². The molecular weight excluding hydrogens is 406 g/mol. The number of ether oxygens (including phenoxy) is 1. The number of hydrogen-bond donors (Lipinski definition) is 1. The van der Waals surface area contributed by atoms with Gasteiger partial charge in [0.15, 0.2) is 0 Å². The summed E-state index contributed by atoms with van der Waals surface area (Å²) in [4.78, 5) is 12.0. The molecule has 0 bridgehead atoms. The van der Waals surface area contributed by atoms with E-state index >= 15 is 0 Å². The first kappa shape index (κ1) is 20.2. The largest absolute Gasteiger partial charge is 0.510 e. The Hall–Kier alpha value is -2.70. The highest BCUT2D eigenvalue weighted by molar-refractivity contribution is 7.19. The van der Waals surface area contributed by atoms with Gasteiger partial charge in [-0.25, -0.2) is 9.97 Å². The van der Waals surface area contributed by atoms with Gasteiger partial charge >= 0.3 is 0 Å². The van der Waals surface area contributed by atoms with E-state index in [1.807, 2.05) is 43.1 Å². The number of pyridine rings is 1. The first-order chi connectivity index (χ1) is 15.0. The third kappa shape index (κ3) is 3.25. The standard InChI is InChI=1S/C25H27N3O2S/c1-5-30-24(15(3)29)21-14(2)27-25-23(17-8-6-7-9-20(17)31-25)22(21)16-10-11-18-19(12-16)28(4)13-26-18/h10-13,24,29H,3,5-9H2,1-2,4H3. The molecule has 1 atom stereocenters. The van der Waals surface area contributed by atoms with Crippen molar-refractivity contribution in [3.05, 3.63) is 58.6 Å². The number of thiophene rings is 1. The van der Waals surface area contributed by atoms with E-state index in [9.17, 15) is 5.11 Å². The molecule has 0 spiro atoms. The molecule has 0 radical (unpaired) electrons. The van der Waals surface area contributed by atoms with E-state index in [1.54, 1.807) is 0 Å². The van der Waals surface area contributed by atoms with Crippen molar-refractivity contribution in [2.24, 2.45) is 7.05 Å². The van der Waals surface area contributed by atoms with Crippen molar-refractivity contribution in [1.82, 2.24) is 14.5 Å². The zero-order valence-electron chi connectivity index (χ0n) is 18.2. The lowest BCUT2D eigenvalue weighted by Gasteiger charge is -2.23. The zero-order chi connectivity index (χ0) is 21.7. The molecule has 1 unspecified atom stereocenters. The summed E-state index contributed by atoms with van der Waals surface area (Å²) >= 11 is 1.82. The van der Waals surface area contributed by atoms with E-state index < -0.39 is 6.10 Å². The average Bonchev–Trinajstić information content (AvgIpc) is 3.31. The summed E-state index contributed by atoms with van der Waals surface area (Å²) < 4.78 is 8.03. The third-order valence-corrected chi connectivity index (χ3v) is 7.43. The molecule has 160 valence electrons. The zero-order valence-corrected chi connectivity index (χ0v) is 19.1. The van der Waals surface area contributed by atoms with E-state index in [2.05, 4.69) is 29.8 Å². The van der Waals surface area contributed by atoms with E-state index in [4.69, 9.17) is 9.72 Å². The minimum atomic E-state index is -0.613. The Labute approximate surface area is 186 Å². The summed E-state index contributed by atoms with van der Waals surface area (Å²) in [6.45, 7) is 8.25. The number of aliphatic hydroxyl groups excluding tert-OH is 1. The van der Waals surface area contributed by atoms with Gasteiger partial charge < -0.3 is 14.4 Å². The van der Waals surface area contributed by atoms with Crippen LogP contribution in [0.25, 0.3) is 32.4 Å². The topological polar surface area (TPSA) is 60.2 Å². The molecule has 1 aliphatic carbocycles. The fraction of sp³-hybridized carbons (Fsp3) is 0.360. The number of aliphatic hydroxyl groups is 1. The summed E-state index contributed by atoms with van der Waals surface area (Å²) in [6, 6.07) is 6.39. The maximum atomic E-state index is 10.5. The summed E-state index contributed by atoms with van der Waals surface area (Å²) in [7, 11) is 2.01. The smallest absolute Gasteiger partial charge is 0.141 e. The van der Waals surface area contributed by atoms with E-state index in [0.29, 0.717) is 6.61 Å². The molecule has 0 saturated carbocycles. The van der Waals surface area contributed by atoms with Gasteiger partial charge in [-0.15, -0.1) is 11.3 Å². The van der Waals surface area contributed by atoms with Crippen molar-refractivity contribution < 1.29 is 9.84 Å². The number of hydrogen-bond acceptors (Lipinski definition) is 5. The second-order valence-electron chi connectivity index (χ2n) is 8.26. The summed E-state index contributed by atoms with van der Waals surface area (Å²) in [5.41, 5.74) is 7.45. The van der Waals surface area contributed by atoms with Crippen LogP contribution in [0.1, 0.15) is 47.6 Å². The van der Waals surface area contributed by atoms with Gasteiger partial charge in [-0.2, -0.15) is 0 Å². The first-order valence-corrected chi connectivity index (χ1v) is 11.7. The van der Waals surface area contributed by atoms with Crippen molar-refractivity contribution in [3.8, 4) is 11.1 Å². The van der Waals surface area contributed by atoms with Crippen LogP contribution in [0.2, 0.25) is 0 Å². The average molecular weight is 434 g/mol.